The predicted octanol–water partition coefficient (Wildman–Crippen LogP) is -2.40. The molecule has 0 aliphatic rings. The molecule has 0 radical (unpaired) electrons. The van der Waals surface area contributed by atoms with Crippen molar-refractivity contribution >= 4 is 29.6 Å². The van der Waals surface area contributed by atoms with Gasteiger partial charge in [0.25, 0.3) is 0 Å². The van der Waals surface area contributed by atoms with Crippen LogP contribution < -0.4 is 0 Å². The Labute approximate surface area is 126 Å². The summed E-state index contributed by atoms with van der Waals surface area (Å²) in [5.41, 5.74) is 0. The van der Waals surface area contributed by atoms with Crippen LogP contribution in [-0.2, 0) is 12.0 Å². The van der Waals surface area contributed by atoms with Crippen LogP contribution >= 0.6 is 0 Å². The average molecular weight is 357 g/mol. The van der Waals surface area contributed by atoms with Crippen LogP contribution in [0.4, 0.5) is 0 Å². The summed E-state index contributed by atoms with van der Waals surface area (Å²) in [5, 5.41) is 61.2. The van der Waals surface area contributed by atoms with Crippen LogP contribution in [-0.4, -0.2) is 58.4 Å². The Bertz CT molecular complexity index is 431. The molecule has 0 aromatic heterocycles. The number of rotatable bonds is 6. The second-order valence-corrected chi connectivity index (χ2v) is 8.05. The van der Waals surface area contributed by atoms with Gasteiger partial charge in [0.2, 0.25) is 0 Å². The van der Waals surface area contributed by atoms with Gasteiger partial charge in [-0.15, -0.1) is 0 Å². The summed E-state index contributed by atoms with van der Waals surface area (Å²) in [5.74, 6) is 0. The zero-order valence-corrected chi connectivity index (χ0v) is 9.08. The molecule has 0 aliphatic carbocycles. The third-order valence-corrected chi connectivity index (χ3v) is 7.20. The first-order chi connectivity index (χ1) is 8.34. The number of nitro groups is 5. The van der Waals surface area contributed by atoms with Gasteiger partial charge in [-0.3, -0.25) is 0 Å². The summed E-state index contributed by atoms with van der Waals surface area (Å²) in [4.78, 5) is 63.5. The van der Waals surface area contributed by atoms with Gasteiger partial charge in [0.05, 0.1) is 0 Å². The van der Waals surface area contributed by atoms with E-state index in [0.29, 0.717) is 0 Å². The number of hydrogen-bond donors (Lipinski definition) is 1. The molecule has 0 fully saturated rings. The molecule has 0 amide bonds. The van der Waals surface area contributed by atoms with E-state index in [1.807, 2.05) is 0 Å². The molecule has 0 spiro atoms. The molecule has 0 aromatic rings. The fourth-order valence-corrected chi connectivity index (χ4v) is 2.96. The van der Waals surface area contributed by atoms with Gasteiger partial charge < -0.3 is 0 Å². The maximum absolute atomic E-state index is 10.6. The van der Waals surface area contributed by atoms with E-state index < -0.39 is 35.7 Å². The zero-order valence-electron chi connectivity index (χ0n) is 7.97. The summed E-state index contributed by atoms with van der Waals surface area (Å²) in [6.07, 6.45) is 0. The van der Waals surface area contributed by atoms with Gasteiger partial charge in [0, 0.05) is 0 Å². The molecule has 0 bridgehead atoms. The van der Waals surface area contributed by atoms with E-state index in [4.69, 9.17) is 5.21 Å². The summed E-state index contributed by atoms with van der Waals surface area (Å²) < 4.78 is -18.9. The van der Waals surface area contributed by atoms with Crippen LogP contribution in [0.1, 0.15) is 0 Å². The minimum atomic E-state index is -10.3. The molecule has 112 valence electrons. The van der Waals surface area contributed by atoms with Crippen LogP contribution in [0.2, 0.25) is 0 Å². The normalized spacial score (nSPS) is 13.8. The molecule has 1 N–H and O–H groups in total. The second-order valence-electron chi connectivity index (χ2n) is 2.30. The van der Waals surface area contributed by atoms with Gasteiger partial charge in [-0.25, -0.2) is 0 Å². The standard InChI is InChI=1S/Fe.HNO2.5NO2.Na.H/c;6*2-1-3;;/h;(H,2,3);;;;;;;/q+1;;;;;;;;. The van der Waals surface area contributed by atoms with Crippen molar-refractivity contribution in [3.8, 4) is 0 Å². The van der Waals surface area contributed by atoms with E-state index in [9.17, 15) is 55.5 Å². The van der Waals surface area contributed by atoms with E-state index in [1.165, 1.54) is 0 Å². The SMILES string of the molecule is O=[N+]([O-])[Fe]([N+](=O)[O-])([N+](=O)[O-])([N+](=O)[O-])([N+](=O)[O-])[N+](=O)O.[NaH]. The van der Waals surface area contributed by atoms with E-state index >= 15 is 0 Å². The van der Waals surface area contributed by atoms with Crippen LogP contribution in [0, 0.1) is 55.5 Å². The molecule has 0 heterocycles. The Morgan fingerprint density at radius 3 is 0.750 bits per heavy atom. The fraction of sp³-hybridized carbons (Fsp3) is 0. The topological polar surface area (TPSA) is 256 Å². The first-order valence-electron chi connectivity index (χ1n) is 3.16. The van der Waals surface area contributed by atoms with E-state index in [-0.39, 0.29) is 29.6 Å². The van der Waals surface area contributed by atoms with Crippen molar-refractivity contribution in [2.45, 2.75) is 0 Å². The molecule has 0 aliphatic heterocycles. The molecular formula is H2FeN6NaO12+. The summed E-state index contributed by atoms with van der Waals surface area (Å²) >= 11 is -10.3. The van der Waals surface area contributed by atoms with Crippen LogP contribution in [0.5, 0.6) is 0 Å². The van der Waals surface area contributed by atoms with E-state index in [1.54, 1.807) is 0 Å². The van der Waals surface area contributed by atoms with Gasteiger partial charge >= 0.3 is 126 Å². The zero-order chi connectivity index (χ0) is 15.9. The van der Waals surface area contributed by atoms with Crippen molar-refractivity contribution in [1.82, 2.24) is 0 Å². The second kappa shape index (κ2) is 4.49. The molecule has 18 nitrogen and oxygen atoms in total. The first-order valence-corrected chi connectivity index (χ1v) is 6.12. The monoisotopic (exact) mass is 357 g/mol. The van der Waals surface area contributed by atoms with Gasteiger partial charge in [0.1, 0.15) is 0 Å². The van der Waals surface area contributed by atoms with Gasteiger partial charge in [-0.1, -0.05) is 0 Å². The molecule has 0 atom stereocenters. The molecule has 0 rings (SSSR count). The fourth-order valence-electron chi connectivity index (χ4n) is 0.718. The summed E-state index contributed by atoms with van der Waals surface area (Å²) in [6.45, 7) is 0. The van der Waals surface area contributed by atoms with Gasteiger partial charge in [-0.2, -0.15) is 0 Å². The van der Waals surface area contributed by atoms with E-state index in [0.717, 1.165) is 0 Å². The number of hydrogen-bond acceptors (Lipinski definition) is 11. The predicted molar refractivity (Wildman–Crippen MR) is 47.5 cm³/mol. The average Bonchev–Trinajstić information content (AvgIpc) is 2.15. The molecule has 20 heteroatoms. The van der Waals surface area contributed by atoms with Gasteiger partial charge in [-0.05, 0) is 0 Å². The first kappa shape index (κ1) is 20.2. The molecule has 0 saturated carbocycles. The molecule has 20 heavy (non-hydrogen) atoms. The third kappa shape index (κ3) is 1.06. The van der Waals surface area contributed by atoms with Crippen LogP contribution in [0.25, 0.3) is 0 Å². The number of nitrogens with zero attached hydrogens (tertiary/aromatic N) is 6. The van der Waals surface area contributed by atoms with Crippen molar-refractivity contribution in [3.05, 3.63) is 55.5 Å². The molecule has 0 saturated heterocycles. The van der Waals surface area contributed by atoms with Crippen molar-refractivity contribution in [2.24, 2.45) is 0 Å². The molecule has 0 unspecified atom stereocenters. The molecular weight excluding hydrogens is 355 g/mol. The maximum atomic E-state index is 10.6. The van der Waals surface area contributed by atoms with Crippen molar-refractivity contribution < 1.29 is 40.9 Å². The van der Waals surface area contributed by atoms with Gasteiger partial charge in [0.15, 0.2) is 0 Å². The van der Waals surface area contributed by atoms with Crippen LogP contribution in [0.15, 0.2) is 0 Å². The molecule has 0 aromatic carbocycles. The van der Waals surface area contributed by atoms with Crippen molar-refractivity contribution in [3.63, 3.8) is 0 Å². The Hall–Kier alpha value is -2.08. The third-order valence-electron chi connectivity index (χ3n) is 1.75. The Morgan fingerprint density at radius 2 is 0.750 bits per heavy atom. The summed E-state index contributed by atoms with van der Waals surface area (Å²) in [6, 6.07) is 0. The minimum absolute atomic E-state index is 0. The Morgan fingerprint density at radius 1 is 0.600 bits per heavy atom. The van der Waals surface area contributed by atoms with Crippen LogP contribution in [0.3, 0.4) is 0 Å². The summed E-state index contributed by atoms with van der Waals surface area (Å²) in [7, 11) is 0. The van der Waals surface area contributed by atoms with Crippen molar-refractivity contribution in [2.75, 3.05) is 0 Å². The van der Waals surface area contributed by atoms with Crippen molar-refractivity contribution in [1.29, 1.82) is 0 Å². The quantitative estimate of drug-likeness (QED) is 0.296. The van der Waals surface area contributed by atoms with E-state index in [2.05, 4.69) is 0 Å². The Balaban J connectivity index is 0. The Kier molecular flexibility index (Phi) is 4.54.